The number of hydrogen-bond donors (Lipinski definition) is 1. The first-order valence-corrected chi connectivity index (χ1v) is 8.89. The topological polar surface area (TPSA) is 116 Å². The lowest BCUT2D eigenvalue weighted by molar-refractivity contribution is -0.385. The predicted octanol–water partition coefficient (Wildman–Crippen LogP) is 4.69. The minimum Gasteiger partial charge on any atom is -0.467 e. The standard InChI is InChI=1S/C18H12BrN5O4/c19-13-5-6-14(15-12(13)4-1-7-20-15)28-18-16(24(25)26)17(22-10-23-18)21-9-11-3-2-8-27-11/h1-8,10H,9H2,(H,21,22,23). The Morgan fingerprint density at radius 3 is 2.86 bits per heavy atom. The van der Waals surface area contributed by atoms with Crippen LogP contribution in [0.3, 0.4) is 0 Å². The van der Waals surface area contributed by atoms with Gasteiger partial charge >= 0.3 is 11.6 Å². The first kappa shape index (κ1) is 17.9. The molecule has 4 aromatic rings. The Kier molecular flexibility index (Phi) is 4.85. The lowest BCUT2D eigenvalue weighted by atomic mass is 10.2. The average Bonchev–Trinajstić information content (AvgIpc) is 3.22. The van der Waals surface area contributed by atoms with E-state index < -0.39 is 4.92 Å². The van der Waals surface area contributed by atoms with E-state index in [1.165, 1.54) is 12.6 Å². The highest BCUT2D eigenvalue weighted by molar-refractivity contribution is 9.10. The van der Waals surface area contributed by atoms with E-state index in [-0.39, 0.29) is 23.9 Å². The second-order valence-corrected chi connectivity index (χ2v) is 6.47. The smallest absolute Gasteiger partial charge is 0.373 e. The van der Waals surface area contributed by atoms with Crippen LogP contribution < -0.4 is 10.1 Å². The molecule has 4 rings (SSSR count). The van der Waals surface area contributed by atoms with E-state index in [1.807, 2.05) is 6.07 Å². The molecule has 1 aromatic carbocycles. The Hall–Kier alpha value is -3.53. The summed E-state index contributed by atoms with van der Waals surface area (Å²) in [7, 11) is 0. The molecule has 28 heavy (non-hydrogen) atoms. The number of nitrogens with one attached hydrogen (secondary N) is 1. The lowest BCUT2D eigenvalue weighted by Crippen LogP contribution is -2.06. The molecule has 0 radical (unpaired) electrons. The molecule has 0 spiro atoms. The van der Waals surface area contributed by atoms with Gasteiger partial charge in [0.2, 0.25) is 5.82 Å². The molecular formula is C18H12BrN5O4. The second-order valence-electron chi connectivity index (χ2n) is 5.61. The third-order valence-corrected chi connectivity index (χ3v) is 4.56. The van der Waals surface area contributed by atoms with E-state index in [0.29, 0.717) is 17.0 Å². The molecule has 0 saturated carbocycles. The zero-order valence-corrected chi connectivity index (χ0v) is 15.8. The van der Waals surface area contributed by atoms with E-state index in [4.69, 9.17) is 9.15 Å². The summed E-state index contributed by atoms with van der Waals surface area (Å²) >= 11 is 3.46. The Balaban J connectivity index is 1.71. The van der Waals surface area contributed by atoms with Crippen LogP contribution in [0, 0.1) is 10.1 Å². The quantitative estimate of drug-likeness (QED) is 0.338. The van der Waals surface area contributed by atoms with E-state index in [9.17, 15) is 10.1 Å². The molecule has 0 aliphatic heterocycles. The first-order valence-electron chi connectivity index (χ1n) is 8.10. The second kappa shape index (κ2) is 7.61. The summed E-state index contributed by atoms with van der Waals surface area (Å²) in [4.78, 5) is 23.3. The summed E-state index contributed by atoms with van der Waals surface area (Å²) in [6.07, 6.45) is 4.33. The van der Waals surface area contributed by atoms with Crippen molar-refractivity contribution >= 4 is 38.3 Å². The van der Waals surface area contributed by atoms with Crippen molar-refractivity contribution < 1.29 is 14.1 Å². The van der Waals surface area contributed by atoms with Crippen molar-refractivity contribution in [2.45, 2.75) is 6.54 Å². The van der Waals surface area contributed by atoms with Crippen molar-refractivity contribution in [1.82, 2.24) is 15.0 Å². The van der Waals surface area contributed by atoms with Gasteiger partial charge in [0.15, 0.2) is 5.75 Å². The van der Waals surface area contributed by atoms with E-state index in [1.54, 1.807) is 36.5 Å². The fourth-order valence-electron chi connectivity index (χ4n) is 2.61. The van der Waals surface area contributed by atoms with Gasteiger partial charge in [-0.25, -0.2) is 4.98 Å². The van der Waals surface area contributed by atoms with Crippen molar-refractivity contribution in [3.63, 3.8) is 0 Å². The summed E-state index contributed by atoms with van der Waals surface area (Å²) in [5.41, 5.74) is 0.177. The monoisotopic (exact) mass is 441 g/mol. The minimum absolute atomic E-state index is 0.0285. The molecule has 0 amide bonds. The average molecular weight is 442 g/mol. The Labute approximate surface area is 166 Å². The van der Waals surface area contributed by atoms with Crippen LogP contribution in [0.5, 0.6) is 11.6 Å². The SMILES string of the molecule is O=[N+]([O-])c1c(NCc2ccco2)ncnc1Oc1ccc(Br)c2cccnc12. The molecule has 140 valence electrons. The van der Waals surface area contributed by atoms with Crippen molar-refractivity contribution in [2.24, 2.45) is 0 Å². The predicted molar refractivity (Wildman–Crippen MR) is 104 cm³/mol. The van der Waals surface area contributed by atoms with Gasteiger partial charge in [-0.05, 0) is 30.3 Å². The largest absolute Gasteiger partial charge is 0.467 e. The molecule has 9 nitrogen and oxygen atoms in total. The number of halogens is 1. The number of anilines is 1. The maximum atomic E-state index is 11.7. The zero-order valence-electron chi connectivity index (χ0n) is 14.2. The summed E-state index contributed by atoms with van der Waals surface area (Å²) in [5.74, 6) is 0.799. The van der Waals surface area contributed by atoms with Gasteiger partial charge in [0.1, 0.15) is 17.6 Å². The maximum absolute atomic E-state index is 11.7. The summed E-state index contributed by atoms with van der Waals surface area (Å²) in [6.45, 7) is 0.229. The number of aromatic nitrogens is 3. The van der Waals surface area contributed by atoms with Crippen LogP contribution in [0.25, 0.3) is 10.9 Å². The summed E-state index contributed by atoms with van der Waals surface area (Å²) in [5, 5.41) is 15.4. The van der Waals surface area contributed by atoms with Gasteiger partial charge in [-0.2, -0.15) is 4.98 Å². The van der Waals surface area contributed by atoms with Gasteiger partial charge in [0, 0.05) is 16.1 Å². The zero-order chi connectivity index (χ0) is 19.5. The Bertz CT molecular complexity index is 1150. The molecule has 0 aliphatic rings. The van der Waals surface area contributed by atoms with Gasteiger partial charge in [0.05, 0.1) is 17.7 Å². The summed E-state index contributed by atoms with van der Waals surface area (Å²) in [6, 6.07) is 10.6. The first-order chi connectivity index (χ1) is 13.6. The molecule has 0 bridgehead atoms. The third kappa shape index (κ3) is 3.49. The van der Waals surface area contributed by atoms with Gasteiger partial charge in [-0.15, -0.1) is 0 Å². The fraction of sp³-hybridized carbons (Fsp3) is 0.0556. The van der Waals surface area contributed by atoms with Crippen LogP contribution in [0.2, 0.25) is 0 Å². The van der Waals surface area contributed by atoms with Crippen molar-refractivity contribution in [2.75, 3.05) is 5.32 Å². The number of ether oxygens (including phenoxy) is 1. The van der Waals surface area contributed by atoms with Crippen molar-refractivity contribution in [1.29, 1.82) is 0 Å². The number of benzene rings is 1. The molecule has 3 aromatic heterocycles. The molecular weight excluding hydrogens is 430 g/mol. The van der Waals surface area contributed by atoms with Crippen molar-refractivity contribution in [3.8, 4) is 11.6 Å². The number of hydrogen-bond acceptors (Lipinski definition) is 8. The number of nitrogens with zero attached hydrogens (tertiary/aromatic N) is 4. The van der Waals surface area contributed by atoms with Crippen LogP contribution in [-0.2, 0) is 6.54 Å². The molecule has 1 N–H and O–H groups in total. The molecule has 10 heteroatoms. The number of furan rings is 1. The van der Waals surface area contributed by atoms with Crippen LogP contribution in [0.4, 0.5) is 11.5 Å². The molecule has 0 fully saturated rings. The number of nitro groups is 1. The van der Waals surface area contributed by atoms with Gasteiger partial charge in [-0.1, -0.05) is 22.0 Å². The number of pyridine rings is 1. The highest BCUT2D eigenvalue weighted by Gasteiger charge is 2.26. The molecule has 0 saturated heterocycles. The fourth-order valence-corrected chi connectivity index (χ4v) is 3.07. The highest BCUT2D eigenvalue weighted by Crippen LogP contribution is 2.37. The molecule has 0 unspecified atom stereocenters. The molecule has 3 heterocycles. The van der Waals surface area contributed by atoms with Gasteiger partial charge in [0.25, 0.3) is 0 Å². The van der Waals surface area contributed by atoms with Crippen LogP contribution in [0.1, 0.15) is 5.76 Å². The van der Waals surface area contributed by atoms with Gasteiger partial charge in [-0.3, -0.25) is 15.1 Å². The third-order valence-electron chi connectivity index (χ3n) is 3.87. The normalized spacial score (nSPS) is 10.8. The van der Waals surface area contributed by atoms with E-state index >= 15 is 0 Å². The molecule has 0 aliphatic carbocycles. The Morgan fingerprint density at radius 1 is 1.18 bits per heavy atom. The summed E-state index contributed by atoms with van der Waals surface area (Å²) < 4.78 is 11.8. The van der Waals surface area contributed by atoms with Crippen molar-refractivity contribution in [3.05, 3.63) is 75.5 Å². The van der Waals surface area contributed by atoms with Crippen LogP contribution in [0.15, 0.2) is 64.1 Å². The van der Waals surface area contributed by atoms with Crippen LogP contribution >= 0.6 is 15.9 Å². The maximum Gasteiger partial charge on any atom is 0.373 e. The minimum atomic E-state index is -0.589. The Morgan fingerprint density at radius 2 is 2.07 bits per heavy atom. The number of rotatable bonds is 6. The van der Waals surface area contributed by atoms with E-state index in [0.717, 1.165) is 9.86 Å². The van der Waals surface area contributed by atoms with Gasteiger partial charge < -0.3 is 14.5 Å². The van der Waals surface area contributed by atoms with Crippen LogP contribution in [-0.4, -0.2) is 19.9 Å². The highest BCUT2D eigenvalue weighted by atomic mass is 79.9. The van der Waals surface area contributed by atoms with E-state index in [2.05, 4.69) is 36.2 Å². The lowest BCUT2D eigenvalue weighted by Gasteiger charge is -2.10. The molecule has 0 atom stereocenters. The number of fused-ring (bicyclic) bond motifs is 1.